The van der Waals surface area contributed by atoms with Crippen LogP contribution in [0, 0.1) is 5.82 Å². The van der Waals surface area contributed by atoms with Crippen molar-refractivity contribution in [2.45, 2.75) is 0 Å². The van der Waals surface area contributed by atoms with Crippen LogP contribution in [0.5, 0.6) is 11.5 Å². The predicted molar refractivity (Wildman–Crippen MR) is 78.9 cm³/mol. The average Bonchev–Trinajstić information content (AvgIpc) is 2.50. The molecule has 6 heteroatoms. The first kappa shape index (κ1) is 15.1. The lowest BCUT2D eigenvalue weighted by Crippen LogP contribution is -2.13. The van der Waals surface area contributed by atoms with Crippen LogP contribution in [0.1, 0.15) is 10.4 Å². The number of methoxy groups -OCH3 is 2. The summed E-state index contributed by atoms with van der Waals surface area (Å²) in [6, 6.07) is 8.78. The van der Waals surface area contributed by atoms with Gasteiger partial charge in [-0.3, -0.25) is 4.79 Å². The van der Waals surface area contributed by atoms with Gasteiger partial charge in [-0.25, -0.2) is 4.39 Å². The van der Waals surface area contributed by atoms with Gasteiger partial charge < -0.3 is 14.8 Å². The van der Waals surface area contributed by atoms with Crippen LogP contribution in [0.25, 0.3) is 0 Å². The van der Waals surface area contributed by atoms with Crippen molar-refractivity contribution >= 4 is 23.2 Å². The van der Waals surface area contributed by atoms with Crippen molar-refractivity contribution in [1.29, 1.82) is 0 Å². The van der Waals surface area contributed by atoms with Gasteiger partial charge in [0, 0.05) is 11.8 Å². The topological polar surface area (TPSA) is 47.6 Å². The fourth-order valence-corrected chi connectivity index (χ4v) is 1.94. The van der Waals surface area contributed by atoms with Crippen LogP contribution < -0.4 is 14.8 Å². The zero-order valence-electron chi connectivity index (χ0n) is 11.4. The minimum absolute atomic E-state index is 0.0607. The standard InChI is InChI=1S/C15H13ClFNO3/c1-20-10-4-5-11(14(8-10)21-2)15(19)18-9-3-6-13(17)12(16)7-9/h3-8H,1-2H3,(H,18,19). The van der Waals surface area contributed by atoms with Crippen molar-refractivity contribution in [3.05, 3.63) is 52.8 Å². The Balaban J connectivity index is 2.25. The fraction of sp³-hybridized carbons (Fsp3) is 0.133. The van der Waals surface area contributed by atoms with E-state index in [9.17, 15) is 9.18 Å². The lowest BCUT2D eigenvalue weighted by atomic mass is 10.1. The van der Waals surface area contributed by atoms with Crippen LogP contribution in [0.15, 0.2) is 36.4 Å². The van der Waals surface area contributed by atoms with Gasteiger partial charge >= 0.3 is 0 Å². The van der Waals surface area contributed by atoms with Crippen LogP contribution in [-0.2, 0) is 0 Å². The van der Waals surface area contributed by atoms with Gasteiger partial charge in [0.1, 0.15) is 17.3 Å². The van der Waals surface area contributed by atoms with E-state index in [4.69, 9.17) is 21.1 Å². The van der Waals surface area contributed by atoms with E-state index in [0.717, 1.165) is 0 Å². The monoisotopic (exact) mass is 309 g/mol. The van der Waals surface area contributed by atoms with E-state index in [0.29, 0.717) is 22.7 Å². The molecule has 1 N–H and O–H groups in total. The number of amides is 1. The third-order valence-corrected chi connectivity index (χ3v) is 3.12. The summed E-state index contributed by atoms with van der Waals surface area (Å²) < 4.78 is 23.3. The summed E-state index contributed by atoms with van der Waals surface area (Å²) in [4.78, 5) is 12.2. The highest BCUT2D eigenvalue weighted by atomic mass is 35.5. The third-order valence-electron chi connectivity index (χ3n) is 2.83. The van der Waals surface area contributed by atoms with E-state index >= 15 is 0 Å². The van der Waals surface area contributed by atoms with Crippen molar-refractivity contribution in [1.82, 2.24) is 0 Å². The lowest BCUT2D eigenvalue weighted by Gasteiger charge is -2.11. The number of hydrogen-bond acceptors (Lipinski definition) is 3. The second kappa shape index (κ2) is 6.45. The number of hydrogen-bond donors (Lipinski definition) is 1. The second-order valence-corrected chi connectivity index (χ2v) is 4.56. The molecule has 0 aliphatic rings. The fourth-order valence-electron chi connectivity index (χ4n) is 1.76. The molecule has 21 heavy (non-hydrogen) atoms. The molecule has 0 unspecified atom stereocenters. The van der Waals surface area contributed by atoms with Gasteiger partial charge in [-0.15, -0.1) is 0 Å². The summed E-state index contributed by atoms with van der Waals surface area (Å²) in [5.74, 6) is 0.0159. The highest BCUT2D eigenvalue weighted by molar-refractivity contribution is 6.31. The Bertz CT molecular complexity index is 676. The highest BCUT2D eigenvalue weighted by Crippen LogP contribution is 2.26. The summed E-state index contributed by atoms with van der Waals surface area (Å²) in [6.07, 6.45) is 0. The number of rotatable bonds is 4. The molecule has 0 heterocycles. The molecule has 2 aromatic carbocycles. The van der Waals surface area contributed by atoms with Crippen LogP contribution in [0.4, 0.5) is 10.1 Å². The molecule has 110 valence electrons. The Morgan fingerprint density at radius 3 is 2.52 bits per heavy atom. The summed E-state index contributed by atoms with van der Waals surface area (Å²) in [6.45, 7) is 0. The van der Waals surface area contributed by atoms with Gasteiger partial charge in [0.25, 0.3) is 5.91 Å². The van der Waals surface area contributed by atoms with E-state index in [1.54, 1.807) is 18.2 Å². The molecular formula is C15H13ClFNO3. The first-order valence-corrected chi connectivity index (χ1v) is 6.41. The molecule has 0 radical (unpaired) electrons. The van der Waals surface area contributed by atoms with Gasteiger partial charge in [0.15, 0.2) is 0 Å². The van der Waals surface area contributed by atoms with Gasteiger partial charge in [-0.05, 0) is 30.3 Å². The summed E-state index contributed by atoms with van der Waals surface area (Å²) in [5, 5.41) is 2.57. The minimum Gasteiger partial charge on any atom is -0.497 e. The number of halogens is 2. The van der Waals surface area contributed by atoms with E-state index < -0.39 is 11.7 Å². The van der Waals surface area contributed by atoms with Gasteiger partial charge in [0.05, 0.1) is 24.8 Å². The molecular weight excluding hydrogens is 297 g/mol. The third kappa shape index (κ3) is 3.44. The molecule has 0 bridgehead atoms. The molecule has 0 aliphatic heterocycles. The van der Waals surface area contributed by atoms with Crippen molar-refractivity contribution in [2.24, 2.45) is 0 Å². The molecule has 0 atom stereocenters. The van der Waals surface area contributed by atoms with Crippen LogP contribution >= 0.6 is 11.6 Å². The lowest BCUT2D eigenvalue weighted by molar-refractivity contribution is 0.102. The molecule has 0 spiro atoms. The average molecular weight is 310 g/mol. The van der Waals surface area contributed by atoms with Crippen molar-refractivity contribution in [3.63, 3.8) is 0 Å². The van der Waals surface area contributed by atoms with E-state index in [2.05, 4.69) is 5.32 Å². The Labute approximate surface area is 126 Å². The van der Waals surface area contributed by atoms with Gasteiger partial charge in [0.2, 0.25) is 0 Å². The zero-order chi connectivity index (χ0) is 15.4. The molecule has 0 aromatic heterocycles. The van der Waals surface area contributed by atoms with E-state index in [1.807, 2.05) is 0 Å². The highest BCUT2D eigenvalue weighted by Gasteiger charge is 2.14. The van der Waals surface area contributed by atoms with Crippen molar-refractivity contribution in [3.8, 4) is 11.5 Å². The number of carbonyl (C=O) groups excluding carboxylic acids is 1. The largest absolute Gasteiger partial charge is 0.497 e. The summed E-state index contributed by atoms with van der Waals surface area (Å²) in [7, 11) is 2.98. The Morgan fingerprint density at radius 2 is 1.90 bits per heavy atom. The number of nitrogens with one attached hydrogen (secondary N) is 1. The van der Waals surface area contributed by atoms with Crippen LogP contribution in [0.2, 0.25) is 5.02 Å². The first-order chi connectivity index (χ1) is 10.0. The summed E-state index contributed by atoms with van der Waals surface area (Å²) >= 11 is 5.67. The van der Waals surface area contributed by atoms with Gasteiger partial charge in [-0.1, -0.05) is 11.6 Å². The minimum atomic E-state index is -0.545. The Hall–Kier alpha value is -2.27. The maximum Gasteiger partial charge on any atom is 0.259 e. The first-order valence-electron chi connectivity index (χ1n) is 6.03. The quantitative estimate of drug-likeness (QED) is 0.935. The number of anilines is 1. The number of benzene rings is 2. The zero-order valence-corrected chi connectivity index (χ0v) is 12.2. The van der Waals surface area contributed by atoms with Crippen molar-refractivity contribution < 1.29 is 18.7 Å². The molecule has 0 fully saturated rings. The number of carbonyl (C=O) groups is 1. The van der Waals surface area contributed by atoms with Crippen molar-refractivity contribution in [2.75, 3.05) is 19.5 Å². The summed E-state index contributed by atoms with van der Waals surface area (Å²) in [5.41, 5.74) is 0.725. The Kier molecular flexibility index (Phi) is 4.65. The molecule has 0 aliphatic carbocycles. The number of ether oxygens (including phenoxy) is 2. The van der Waals surface area contributed by atoms with Crippen LogP contribution in [0.3, 0.4) is 0 Å². The van der Waals surface area contributed by atoms with Crippen LogP contribution in [-0.4, -0.2) is 20.1 Å². The van der Waals surface area contributed by atoms with E-state index in [-0.39, 0.29) is 5.02 Å². The molecule has 4 nitrogen and oxygen atoms in total. The normalized spacial score (nSPS) is 10.1. The molecule has 2 rings (SSSR count). The smallest absolute Gasteiger partial charge is 0.259 e. The molecule has 2 aromatic rings. The second-order valence-electron chi connectivity index (χ2n) is 4.15. The maximum absolute atomic E-state index is 13.1. The molecule has 0 saturated carbocycles. The predicted octanol–water partition coefficient (Wildman–Crippen LogP) is 3.75. The van der Waals surface area contributed by atoms with Gasteiger partial charge in [-0.2, -0.15) is 0 Å². The molecule has 0 saturated heterocycles. The Morgan fingerprint density at radius 1 is 1.14 bits per heavy atom. The maximum atomic E-state index is 13.1. The van der Waals surface area contributed by atoms with E-state index in [1.165, 1.54) is 32.4 Å². The molecule has 1 amide bonds. The SMILES string of the molecule is COc1ccc(C(=O)Nc2ccc(F)c(Cl)c2)c(OC)c1.